The van der Waals surface area contributed by atoms with E-state index < -0.39 is 12.7 Å². The first-order valence-corrected chi connectivity index (χ1v) is 3.75. The van der Waals surface area contributed by atoms with E-state index in [-0.39, 0.29) is 18.7 Å². The van der Waals surface area contributed by atoms with Crippen molar-refractivity contribution in [3.63, 3.8) is 0 Å². The Labute approximate surface area is 74.8 Å². The van der Waals surface area contributed by atoms with Crippen LogP contribution in [0.3, 0.4) is 0 Å². The Morgan fingerprint density at radius 1 is 1.46 bits per heavy atom. The van der Waals surface area contributed by atoms with Gasteiger partial charge < -0.3 is 5.32 Å². The lowest BCUT2D eigenvalue weighted by Gasteiger charge is -2.07. The first kappa shape index (κ1) is 12.2. The lowest BCUT2D eigenvalue weighted by Crippen LogP contribution is -2.32. The molecular weight excluding hydrogens is 183 g/mol. The van der Waals surface area contributed by atoms with Crippen LogP contribution >= 0.6 is 0 Å². The van der Waals surface area contributed by atoms with Gasteiger partial charge in [0.05, 0.1) is 13.1 Å². The minimum Gasteiger partial charge on any atom is -0.302 e. The number of carbonyl (C=O) groups is 1. The van der Waals surface area contributed by atoms with Gasteiger partial charge in [0.25, 0.3) is 0 Å². The summed E-state index contributed by atoms with van der Waals surface area (Å²) in [4.78, 5) is 10.8. The summed E-state index contributed by atoms with van der Waals surface area (Å²) in [6, 6.07) is 0. The first-order chi connectivity index (χ1) is 5.81. The number of ketones is 1. The average molecular weight is 195 g/mol. The molecule has 0 aliphatic heterocycles. The Kier molecular flexibility index (Phi) is 4.69. The van der Waals surface area contributed by atoms with Crippen molar-refractivity contribution < 1.29 is 18.0 Å². The molecule has 0 rings (SSSR count). The molecule has 0 fully saturated rings. The highest BCUT2D eigenvalue weighted by Crippen LogP contribution is 2.11. The highest BCUT2D eigenvalue weighted by atomic mass is 19.4. The number of halogens is 3. The molecule has 0 unspecified atom stereocenters. The molecule has 0 aromatic heterocycles. The molecule has 5 heteroatoms. The van der Waals surface area contributed by atoms with Gasteiger partial charge in [-0.1, -0.05) is 12.2 Å². The zero-order chi connectivity index (χ0) is 10.5. The lowest BCUT2D eigenvalue weighted by atomic mass is 10.2. The monoisotopic (exact) mass is 195 g/mol. The Balaban J connectivity index is 3.54. The van der Waals surface area contributed by atoms with Crippen LogP contribution in [0.4, 0.5) is 13.2 Å². The molecule has 0 heterocycles. The summed E-state index contributed by atoms with van der Waals surface area (Å²) in [6.07, 6.45) is -4.13. The number of hydrogen-bond donors (Lipinski definition) is 1. The number of nitrogens with one attached hydrogen (secondary N) is 1. The van der Waals surface area contributed by atoms with Crippen molar-refractivity contribution in [2.45, 2.75) is 19.5 Å². The maximum absolute atomic E-state index is 11.6. The van der Waals surface area contributed by atoms with E-state index in [0.717, 1.165) is 0 Å². The van der Waals surface area contributed by atoms with E-state index in [2.05, 4.69) is 6.58 Å². The smallest absolute Gasteiger partial charge is 0.302 e. The third-order valence-corrected chi connectivity index (χ3v) is 1.15. The third-order valence-electron chi connectivity index (χ3n) is 1.15. The van der Waals surface area contributed by atoms with Gasteiger partial charge in [0.15, 0.2) is 5.78 Å². The molecule has 0 saturated carbocycles. The van der Waals surface area contributed by atoms with Gasteiger partial charge in [-0.05, 0) is 6.92 Å². The van der Waals surface area contributed by atoms with Gasteiger partial charge in [0.1, 0.15) is 0 Å². The van der Waals surface area contributed by atoms with E-state index >= 15 is 0 Å². The second-order valence-electron chi connectivity index (χ2n) is 2.89. The predicted molar refractivity (Wildman–Crippen MR) is 43.4 cm³/mol. The molecule has 0 amide bonds. The summed E-state index contributed by atoms with van der Waals surface area (Å²) < 4.78 is 34.7. The minimum absolute atomic E-state index is 0.130. The van der Waals surface area contributed by atoms with Gasteiger partial charge in [-0.2, -0.15) is 13.2 Å². The zero-order valence-corrected chi connectivity index (χ0v) is 7.37. The fraction of sp³-hybridized carbons (Fsp3) is 0.625. The van der Waals surface area contributed by atoms with Gasteiger partial charge in [-0.25, -0.2) is 0 Å². The van der Waals surface area contributed by atoms with Crippen molar-refractivity contribution in [3.8, 4) is 0 Å². The van der Waals surface area contributed by atoms with Crippen LogP contribution in [0.15, 0.2) is 12.2 Å². The van der Waals surface area contributed by atoms with E-state index in [1.165, 1.54) is 0 Å². The van der Waals surface area contributed by atoms with E-state index in [9.17, 15) is 18.0 Å². The average Bonchev–Trinajstić information content (AvgIpc) is 1.81. The van der Waals surface area contributed by atoms with E-state index in [1.54, 1.807) is 6.92 Å². The van der Waals surface area contributed by atoms with Crippen LogP contribution in [0.5, 0.6) is 0 Å². The van der Waals surface area contributed by atoms with Crippen LogP contribution in [0.1, 0.15) is 13.3 Å². The fourth-order valence-corrected chi connectivity index (χ4v) is 0.743. The van der Waals surface area contributed by atoms with Crippen molar-refractivity contribution in [1.82, 2.24) is 5.32 Å². The molecule has 2 nitrogen and oxygen atoms in total. The molecule has 0 aromatic rings. The summed E-state index contributed by atoms with van der Waals surface area (Å²) >= 11 is 0. The molecular formula is C8H12F3NO. The molecule has 0 spiro atoms. The second-order valence-corrected chi connectivity index (χ2v) is 2.89. The highest BCUT2D eigenvalue weighted by molar-refractivity contribution is 5.82. The van der Waals surface area contributed by atoms with Crippen LogP contribution in [0.25, 0.3) is 0 Å². The van der Waals surface area contributed by atoms with Crippen molar-refractivity contribution in [1.29, 1.82) is 0 Å². The molecule has 0 bridgehead atoms. The predicted octanol–water partition coefficient (Wildman–Crippen LogP) is 1.67. The van der Waals surface area contributed by atoms with Crippen molar-refractivity contribution in [2.75, 3.05) is 13.1 Å². The second kappa shape index (κ2) is 5.01. The first-order valence-electron chi connectivity index (χ1n) is 3.75. The maximum atomic E-state index is 11.6. The summed E-state index contributed by atoms with van der Waals surface area (Å²) in [7, 11) is 0. The Hall–Kier alpha value is -0.840. The van der Waals surface area contributed by atoms with E-state index in [0.29, 0.717) is 5.57 Å². The lowest BCUT2D eigenvalue weighted by molar-refractivity contribution is -0.127. The standard InChI is InChI=1S/C8H12F3NO/c1-6(2)3-7(13)4-12-5-8(9,10)11/h12H,1,3-5H2,2H3. The number of allylic oxidation sites excluding steroid dienone is 1. The van der Waals surface area contributed by atoms with Gasteiger partial charge in [-0.15, -0.1) is 0 Å². The number of hydrogen-bond acceptors (Lipinski definition) is 2. The molecule has 0 aliphatic rings. The largest absolute Gasteiger partial charge is 0.401 e. The maximum Gasteiger partial charge on any atom is 0.401 e. The van der Waals surface area contributed by atoms with Crippen molar-refractivity contribution >= 4 is 5.78 Å². The molecule has 0 saturated heterocycles. The van der Waals surface area contributed by atoms with Gasteiger partial charge in [0.2, 0.25) is 0 Å². The summed E-state index contributed by atoms with van der Waals surface area (Å²) in [5.74, 6) is -0.281. The number of Topliss-reactive ketones (excluding diaryl/α,β-unsaturated/α-hetero) is 1. The molecule has 0 radical (unpaired) electrons. The SMILES string of the molecule is C=C(C)CC(=O)CNCC(F)(F)F. The van der Waals surface area contributed by atoms with Crippen molar-refractivity contribution in [3.05, 3.63) is 12.2 Å². The van der Waals surface area contributed by atoms with Gasteiger partial charge in [-0.3, -0.25) is 4.79 Å². The molecule has 13 heavy (non-hydrogen) atoms. The van der Waals surface area contributed by atoms with Gasteiger partial charge in [0, 0.05) is 6.42 Å². The zero-order valence-electron chi connectivity index (χ0n) is 7.37. The summed E-state index contributed by atoms with van der Waals surface area (Å²) in [6.45, 7) is 3.75. The number of alkyl halides is 3. The molecule has 0 atom stereocenters. The normalized spacial score (nSPS) is 11.4. The highest BCUT2D eigenvalue weighted by Gasteiger charge is 2.26. The van der Waals surface area contributed by atoms with Crippen LogP contribution in [0, 0.1) is 0 Å². The van der Waals surface area contributed by atoms with E-state index in [1.807, 2.05) is 5.32 Å². The molecule has 76 valence electrons. The van der Waals surface area contributed by atoms with Crippen LogP contribution < -0.4 is 5.32 Å². The summed E-state index contributed by atoms with van der Waals surface area (Å²) in [5.41, 5.74) is 0.652. The van der Waals surface area contributed by atoms with Crippen molar-refractivity contribution in [2.24, 2.45) is 0 Å². The van der Waals surface area contributed by atoms with Gasteiger partial charge >= 0.3 is 6.18 Å². The summed E-state index contributed by atoms with van der Waals surface area (Å²) in [5, 5.41) is 2.01. The number of rotatable bonds is 5. The van der Waals surface area contributed by atoms with E-state index in [4.69, 9.17) is 0 Å². The Morgan fingerprint density at radius 3 is 2.38 bits per heavy atom. The topological polar surface area (TPSA) is 29.1 Å². The molecule has 0 aromatic carbocycles. The molecule has 1 N–H and O–H groups in total. The Bertz CT molecular complexity index is 198. The number of carbonyl (C=O) groups excluding carboxylic acids is 1. The minimum atomic E-state index is -4.26. The Morgan fingerprint density at radius 2 is 2.00 bits per heavy atom. The quantitative estimate of drug-likeness (QED) is 0.676. The third kappa shape index (κ3) is 9.07. The fourth-order valence-electron chi connectivity index (χ4n) is 0.743. The van der Waals surface area contributed by atoms with Crippen LogP contribution in [-0.2, 0) is 4.79 Å². The van der Waals surface area contributed by atoms with Crippen LogP contribution in [0.2, 0.25) is 0 Å². The van der Waals surface area contributed by atoms with Crippen LogP contribution in [-0.4, -0.2) is 25.0 Å². The molecule has 0 aliphatic carbocycles.